The number of amides is 5. The fourth-order valence-corrected chi connectivity index (χ4v) is 8.28. The lowest BCUT2D eigenvalue weighted by Gasteiger charge is -2.35. The number of unbranched alkanes of at least 4 members (excludes halogenated alkanes) is 1. The first kappa shape index (κ1) is 48.1. The van der Waals surface area contributed by atoms with Gasteiger partial charge in [0.1, 0.15) is 37.1 Å². The molecular weight excluding hydrogens is 844 g/mol. The number of hydrogen-bond donors (Lipinski definition) is 4. The quantitative estimate of drug-likeness (QED) is 0.0537. The molecule has 6 rings (SSSR count). The average Bonchev–Trinajstić information content (AvgIpc) is 3.79. The predicted octanol–water partition coefficient (Wildman–Crippen LogP) is 3.05. The van der Waals surface area contributed by atoms with Gasteiger partial charge < -0.3 is 35.1 Å². The molecule has 65 heavy (non-hydrogen) atoms. The summed E-state index contributed by atoms with van der Waals surface area (Å²) in [5.74, 6) is -5.04. The number of halogens is 1. The molecule has 0 spiro atoms. The first-order chi connectivity index (χ1) is 30.8. The Morgan fingerprint density at radius 1 is 1.02 bits per heavy atom. The third kappa shape index (κ3) is 10.4. The van der Waals surface area contributed by atoms with Crippen LogP contribution in [0.25, 0.3) is 22.3 Å². The number of aliphatic hydroxyl groups is 1. The molecule has 17 nitrogen and oxygen atoms in total. The molecule has 0 bridgehead atoms. The fourth-order valence-electron chi connectivity index (χ4n) is 8.28. The van der Waals surface area contributed by atoms with E-state index in [1.807, 2.05) is 6.07 Å². The van der Waals surface area contributed by atoms with Gasteiger partial charge in [0, 0.05) is 66.5 Å². The van der Waals surface area contributed by atoms with Crippen LogP contribution >= 0.6 is 0 Å². The molecule has 3 atom stereocenters. The van der Waals surface area contributed by atoms with Gasteiger partial charge in [-0.2, -0.15) is 0 Å². The first-order valence-corrected chi connectivity index (χ1v) is 21.8. The van der Waals surface area contributed by atoms with Gasteiger partial charge in [0.05, 0.1) is 41.6 Å². The number of ether oxygens (including phenoxy) is 2. The van der Waals surface area contributed by atoms with E-state index in [0.717, 1.165) is 33.6 Å². The van der Waals surface area contributed by atoms with Gasteiger partial charge in [-0.15, -0.1) is 0 Å². The molecule has 3 aliphatic rings. The molecule has 5 amide bonds. The van der Waals surface area contributed by atoms with Crippen molar-refractivity contribution in [2.45, 2.75) is 104 Å². The molecule has 5 heterocycles. The van der Waals surface area contributed by atoms with Crippen molar-refractivity contribution in [3.63, 3.8) is 0 Å². The number of aromatic nitrogens is 2. The van der Waals surface area contributed by atoms with E-state index in [2.05, 4.69) is 22.5 Å². The Morgan fingerprint density at radius 3 is 2.43 bits per heavy atom. The average molecular weight is 899 g/mol. The molecule has 2 aromatic heterocycles. The molecule has 0 unspecified atom stereocenters. The van der Waals surface area contributed by atoms with Gasteiger partial charge in [-0.05, 0) is 61.8 Å². The number of hydrogen-bond acceptors (Lipinski definition) is 12. The summed E-state index contributed by atoms with van der Waals surface area (Å²) in [6, 6.07) is 4.23. The lowest BCUT2D eigenvalue weighted by Crippen LogP contribution is -2.46. The van der Waals surface area contributed by atoms with Gasteiger partial charge in [0.2, 0.25) is 17.7 Å². The molecule has 1 aromatic carbocycles. The summed E-state index contributed by atoms with van der Waals surface area (Å²) < 4.78 is 28.2. The SMILES string of the molecule is C=C1OCc2c(cc3n(c2=O)Cc2cc4c(CCCCOCNC(=O)[C@H](C)CC(=O)[C@@H](NC(=O)CCC(=O)CNC(=O)CN5C(=O)C=CC5=O)C(C)C)c(C)c(F)cc4nc2-3)[C@@]1(O)CC. The number of imide groups is 1. The number of carbonyl (C=O) groups is 7. The van der Waals surface area contributed by atoms with E-state index in [4.69, 9.17) is 14.5 Å². The van der Waals surface area contributed by atoms with E-state index < -0.39 is 71.8 Å². The second kappa shape index (κ2) is 20.2. The molecule has 18 heteroatoms. The number of carbonyl (C=O) groups excluding carboxylic acids is 7. The van der Waals surface area contributed by atoms with Gasteiger partial charge in [-0.1, -0.05) is 34.3 Å². The van der Waals surface area contributed by atoms with Gasteiger partial charge in [0.25, 0.3) is 17.4 Å². The minimum atomic E-state index is -1.52. The summed E-state index contributed by atoms with van der Waals surface area (Å²) >= 11 is 0. The minimum absolute atomic E-state index is 0.00739. The number of pyridine rings is 2. The van der Waals surface area contributed by atoms with Crippen LogP contribution in [0.5, 0.6) is 0 Å². The van der Waals surface area contributed by atoms with Crippen molar-refractivity contribution in [2.24, 2.45) is 11.8 Å². The maximum absolute atomic E-state index is 15.3. The molecule has 0 saturated carbocycles. The van der Waals surface area contributed by atoms with Crippen molar-refractivity contribution in [2.75, 3.05) is 26.4 Å². The van der Waals surface area contributed by atoms with Crippen LogP contribution in [-0.2, 0) is 68.2 Å². The summed E-state index contributed by atoms with van der Waals surface area (Å²) in [6.07, 6.45) is 3.46. The smallest absolute Gasteiger partial charge is 0.258 e. The number of ketones is 2. The summed E-state index contributed by atoms with van der Waals surface area (Å²) in [6.45, 7) is 12.0. The molecule has 4 N–H and O–H groups in total. The van der Waals surface area contributed by atoms with Crippen molar-refractivity contribution in [3.05, 3.63) is 86.7 Å². The Labute approximate surface area is 374 Å². The number of Topliss-reactive ketones (excluding diaryl/α,β-unsaturated/α-hetero) is 2. The van der Waals surface area contributed by atoms with E-state index in [9.17, 15) is 43.5 Å². The standard InChI is InChI=1S/C47H55FN6O11/c1-7-47(63)28(6)65-23-33-34(47)18-37-44-29(21-53(37)46(33)62)17-32-31(27(5)35(48)19-36(32)51-44)10-8-9-15-64-24-50-45(61)26(4)16-38(56)43(25(2)3)52-39(57)12-11-30(55)20-49-40(58)22-54-41(59)13-14-42(54)60/h13-14,17-19,25-26,43,63H,6-12,15-16,20-24H2,1-5H3,(H,49,58)(H,50,61)(H,52,57)/t26-,43+,47-/m1/s1. The first-order valence-electron chi connectivity index (χ1n) is 21.8. The van der Waals surface area contributed by atoms with Crippen LogP contribution < -0.4 is 21.5 Å². The lowest BCUT2D eigenvalue weighted by molar-refractivity contribution is -0.141. The number of nitrogens with zero attached hydrogens (tertiary/aromatic N) is 3. The minimum Gasteiger partial charge on any atom is -0.490 e. The van der Waals surface area contributed by atoms with Crippen LogP contribution in [0.2, 0.25) is 0 Å². The Bertz CT molecular complexity index is 2550. The van der Waals surface area contributed by atoms with Crippen molar-refractivity contribution < 1.29 is 52.5 Å². The van der Waals surface area contributed by atoms with Crippen molar-refractivity contribution in [1.82, 2.24) is 30.4 Å². The molecular formula is C47H55FN6O11. The maximum Gasteiger partial charge on any atom is 0.258 e. The lowest BCUT2D eigenvalue weighted by atomic mass is 9.84. The summed E-state index contributed by atoms with van der Waals surface area (Å²) in [7, 11) is 0. The van der Waals surface area contributed by atoms with Crippen LogP contribution in [0.15, 0.2) is 47.5 Å². The number of fused-ring (bicyclic) bond motifs is 5. The molecule has 3 aromatic rings. The molecule has 0 aliphatic carbocycles. The largest absolute Gasteiger partial charge is 0.490 e. The van der Waals surface area contributed by atoms with Crippen molar-refractivity contribution in [1.29, 1.82) is 0 Å². The van der Waals surface area contributed by atoms with Crippen molar-refractivity contribution >= 4 is 52.0 Å². The highest BCUT2D eigenvalue weighted by Crippen LogP contribution is 2.42. The van der Waals surface area contributed by atoms with E-state index in [-0.39, 0.29) is 68.6 Å². The zero-order valence-corrected chi connectivity index (χ0v) is 37.3. The Morgan fingerprint density at radius 2 is 1.74 bits per heavy atom. The number of aryl methyl sites for hydroxylation is 1. The third-order valence-electron chi connectivity index (χ3n) is 12.2. The third-order valence-corrected chi connectivity index (χ3v) is 12.2. The highest BCUT2D eigenvalue weighted by molar-refractivity contribution is 6.14. The van der Waals surface area contributed by atoms with Crippen LogP contribution in [-0.4, -0.2) is 93.1 Å². The molecule has 346 valence electrons. The topological polar surface area (TPSA) is 232 Å². The summed E-state index contributed by atoms with van der Waals surface area (Å²) in [5, 5.41) is 19.8. The van der Waals surface area contributed by atoms with Gasteiger partial charge in [-0.25, -0.2) is 9.37 Å². The summed E-state index contributed by atoms with van der Waals surface area (Å²) in [4.78, 5) is 106. The monoisotopic (exact) mass is 898 g/mol. The molecule has 0 fully saturated rings. The highest BCUT2D eigenvalue weighted by atomic mass is 19.1. The molecule has 3 aliphatic heterocycles. The zero-order valence-electron chi connectivity index (χ0n) is 37.3. The maximum atomic E-state index is 15.3. The van der Waals surface area contributed by atoms with Crippen molar-refractivity contribution in [3.8, 4) is 11.4 Å². The Kier molecular flexibility index (Phi) is 14.9. The van der Waals surface area contributed by atoms with E-state index >= 15 is 4.39 Å². The van der Waals surface area contributed by atoms with E-state index in [0.29, 0.717) is 59.5 Å². The second-order valence-electron chi connectivity index (χ2n) is 17.1. The molecule has 0 saturated heterocycles. The number of benzene rings is 1. The van der Waals surface area contributed by atoms with Gasteiger partial charge in [0.15, 0.2) is 11.6 Å². The van der Waals surface area contributed by atoms with Crippen LogP contribution in [0.4, 0.5) is 4.39 Å². The van der Waals surface area contributed by atoms with E-state index in [1.54, 1.807) is 45.3 Å². The zero-order chi connectivity index (χ0) is 47.3. The molecule has 0 radical (unpaired) electrons. The van der Waals surface area contributed by atoms with Crippen LogP contribution in [0.3, 0.4) is 0 Å². The van der Waals surface area contributed by atoms with E-state index in [1.165, 1.54) is 6.07 Å². The van der Waals surface area contributed by atoms with Gasteiger partial charge >= 0.3 is 0 Å². The van der Waals surface area contributed by atoms with Gasteiger partial charge in [-0.3, -0.25) is 43.3 Å². The van der Waals surface area contributed by atoms with Crippen LogP contribution in [0.1, 0.15) is 94.0 Å². The Balaban J connectivity index is 0.932. The normalized spacial score (nSPS) is 17.1. The highest BCUT2D eigenvalue weighted by Gasteiger charge is 2.41. The fraction of sp³-hybridized carbons (Fsp3) is 0.468. The van der Waals surface area contributed by atoms with Crippen LogP contribution in [0, 0.1) is 24.6 Å². The predicted molar refractivity (Wildman–Crippen MR) is 234 cm³/mol. The number of nitrogens with one attached hydrogen (secondary N) is 3. The second-order valence-corrected chi connectivity index (χ2v) is 17.1. The Hall–Kier alpha value is -6.40. The summed E-state index contributed by atoms with van der Waals surface area (Å²) in [5.41, 5.74) is 2.69. The number of rotatable bonds is 21.